The van der Waals surface area contributed by atoms with Crippen molar-refractivity contribution in [3.05, 3.63) is 64.4 Å². The smallest absolute Gasteiger partial charge is 0.170 e. The third-order valence-electron chi connectivity index (χ3n) is 2.54. The van der Waals surface area contributed by atoms with Crippen LogP contribution in [-0.2, 0) is 4.84 Å². The molecule has 0 aliphatic rings. The van der Waals surface area contributed by atoms with E-state index in [0.717, 1.165) is 10.2 Å². The molecule has 0 aliphatic carbocycles. The molecule has 0 bridgehead atoms. The second kappa shape index (κ2) is 7.64. The van der Waals surface area contributed by atoms with E-state index in [1.165, 1.54) is 24.3 Å². The number of amidine groups is 1. The topological polar surface area (TPSA) is 56.8 Å². The molecule has 0 radical (unpaired) electrons. The van der Waals surface area contributed by atoms with Crippen LogP contribution in [0.5, 0.6) is 5.75 Å². The van der Waals surface area contributed by atoms with Crippen LogP contribution in [0.2, 0.25) is 0 Å². The van der Waals surface area contributed by atoms with Gasteiger partial charge in [0.15, 0.2) is 12.4 Å². The molecule has 2 rings (SSSR count). The molecule has 0 aliphatic heterocycles. The van der Waals surface area contributed by atoms with E-state index >= 15 is 0 Å². The number of rotatable bonds is 6. The number of nitrogens with two attached hydrogens (primary N) is 1. The Kier molecular flexibility index (Phi) is 5.57. The Labute approximate surface area is 130 Å². The Hall–Kier alpha value is -2.08. The number of nitrogens with zero attached hydrogens (tertiary/aromatic N) is 1. The van der Waals surface area contributed by atoms with Crippen molar-refractivity contribution in [3.63, 3.8) is 0 Å². The van der Waals surface area contributed by atoms with Crippen molar-refractivity contribution >= 4 is 21.8 Å². The normalized spacial score (nSPS) is 11.2. The molecule has 2 aromatic carbocycles. The van der Waals surface area contributed by atoms with Crippen LogP contribution < -0.4 is 10.5 Å². The zero-order valence-corrected chi connectivity index (χ0v) is 12.7. The SMILES string of the molecule is N/C(=N/OCCOc1cccc(Br)c1)c1ccc(F)cc1. The third-order valence-corrected chi connectivity index (χ3v) is 3.04. The van der Waals surface area contributed by atoms with Crippen LogP contribution in [0.1, 0.15) is 5.56 Å². The van der Waals surface area contributed by atoms with Crippen LogP contribution in [0.3, 0.4) is 0 Å². The highest BCUT2D eigenvalue weighted by atomic mass is 79.9. The highest BCUT2D eigenvalue weighted by Gasteiger charge is 1.99. The minimum absolute atomic E-state index is 0.192. The fourth-order valence-electron chi connectivity index (χ4n) is 1.54. The average molecular weight is 353 g/mol. The van der Waals surface area contributed by atoms with Gasteiger partial charge < -0.3 is 15.3 Å². The van der Waals surface area contributed by atoms with E-state index in [1.807, 2.05) is 24.3 Å². The molecule has 0 atom stereocenters. The van der Waals surface area contributed by atoms with Gasteiger partial charge >= 0.3 is 0 Å². The van der Waals surface area contributed by atoms with Gasteiger partial charge in [-0.1, -0.05) is 27.2 Å². The summed E-state index contributed by atoms with van der Waals surface area (Å²) in [4.78, 5) is 5.06. The molecule has 2 aromatic rings. The van der Waals surface area contributed by atoms with Crippen LogP contribution in [-0.4, -0.2) is 19.0 Å². The van der Waals surface area contributed by atoms with Crippen LogP contribution >= 0.6 is 15.9 Å². The predicted octanol–water partition coefficient (Wildman–Crippen LogP) is 3.30. The Morgan fingerprint density at radius 3 is 2.62 bits per heavy atom. The van der Waals surface area contributed by atoms with Crippen LogP contribution in [0, 0.1) is 5.82 Å². The lowest BCUT2D eigenvalue weighted by atomic mass is 10.2. The molecular weight excluding hydrogens is 339 g/mol. The van der Waals surface area contributed by atoms with E-state index in [1.54, 1.807) is 0 Å². The van der Waals surface area contributed by atoms with Crippen molar-refractivity contribution < 1.29 is 14.0 Å². The Balaban J connectivity index is 1.76. The standard InChI is InChI=1S/C15H14BrFN2O2/c16-12-2-1-3-14(10-12)20-8-9-21-19-15(18)11-4-6-13(17)7-5-11/h1-7,10H,8-9H2,(H2,18,19). The second-order valence-electron chi connectivity index (χ2n) is 4.12. The van der Waals surface area contributed by atoms with Gasteiger partial charge in [0.2, 0.25) is 0 Å². The summed E-state index contributed by atoms with van der Waals surface area (Å²) in [6, 6.07) is 13.2. The van der Waals surface area contributed by atoms with Gasteiger partial charge in [-0.25, -0.2) is 4.39 Å². The van der Waals surface area contributed by atoms with Gasteiger partial charge in [0.25, 0.3) is 0 Å². The lowest BCUT2D eigenvalue weighted by molar-refractivity contribution is 0.107. The zero-order valence-electron chi connectivity index (χ0n) is 11.1. The van der Waals surface area contributed by atoms with Gasteiger partial charge in [-0.3, -0.25) is 0 Å². The summed E-state index contributed by atoms with van der Waals surface area (Å²) in [6.45, 7) is 0.602. The molecule has 0 amide bonds. The second-order valence-corrected chi connectivity index (χ2v) is 5.04. The van der Waals surface area contributed by atoms with Gasteiger partial charge in [-0.05, 0) is 42.5 Å². The Bertz CT molecular complexity index is 617. The van der Waals surface area contributed by atoms with Crippen molar-refractivity contribution in [2.24, 2.45) is 10.9 Å². The summed E-state index contributed by atoms with van der Waals surface area (Å²) < 4.78 is 19.2. The van der Waals surface area contributed by atoms with E-state index in [0.29, 0.717) is 12.2 Å². The van der Waals surface area contributed by atoms with E-state index in [9.17, 15) is 4.39 Å². The van der Waals surface area contributed by atoms with Gasteiger partial charge in [0.05, 0.1) is 0 Å². The maximum Gasteiger partial charge on any atom is 0.170 e. The Morgan fingerprint density at radius 2 is 1.90 bits per heavy atom. The first-order valence-corrected chi connectivity index (χ1v) is 7.04. The molecule has 110 valence electrons. The maximum absolute atomic E-state index is 12.8. The quantitative estimate of drug-likeness (QED) is 0.375. The Morgan fingerprint density at radius 1 is 1.14 bits per heavy atom. The summed E-state index contributed by atoms with van der Waals surface area (Å²) in [6.07, 6.45) is 0. The molecule has 6 heteroatoms. The minimum Gasteiger partial charge on any atom is -0.490 e. The summed E-state index contributed by atoms with van der Waals surface area (Å²) >= 11 is 3.36. The molecule has 0 saturated carbocycles. The highest BCUT2D eigenvalue weighted by Crippen LogP contribution is 2.17. The molecule has 0 aromatic heterocycles. The van der Waals surface area contributed by atoms with Crippen molar-refractivity contribution in [2.45, 2.75) is 0 Å². The van der Waals surface area contributed by atoms with Crippen LogP contribution in [0.4, 0.5) is 4.39 Å². The van der Waals surface area contributed by atoms with Gasteiger partial charge in [-0.2, -0.15) is 0 Å². The van der Waals surface area contributed by atoms with Crippen molar-refractivity contribution in [1.29, 1.82) is 0 Å². The lowest BCUT2D eigenvalue weighted by Gasteiger charge is -2.06. The first kappa shape index (κ1) is 15.3. The summed E-state index contributed by atoms with van der Waals surface area (Å²) in [5.41, 5.74) is 6.32. The molecule has 0 spiro atoms. The molecule has 0 unspecified atom stereocenters. The predicted molar refractivity (Wildman–Crippen MR) is 82.7 cm³/mol. The summed E-state index contributed by atoms with van der Waals surface area (Å²) in [5.74, 6) is 0.607. The van der Waals surface area contributed by atoms with Crippen molar-refractivity contribution in [1.82, 2.24) is 0 Å². The van der Waals surface area contributed by atoms with Gasteiger partial charge in [0, 0.05) is 10.0 Å². The number of hydrogen-bond acceptors (Lipinski definition) is 3. The van der Waals surface area contributed by atoms with Crippen LogP contribution in [0.25, 0.3) is 0 Å². The van der Waals surface area contributed by atoms with Crippen LogP contribution in [0.15, 0.2) is 58.2 Å². The summed E-state index contributed by atoms with van der Waals surface area (Å²) in [7, 11) is 0. The number of hydrogen-bond donors (Lipinski definition) is 1. The van der Waals surface area contributed by atoms with Crippen molar-refractivity contribution in [3.8, 4) is 5.75 Å². The fraction of sp³-hybridized carbons (Fsp3) is 0.133. The molecule has 0 fully saturated rings. The highest BCUT2D eigenvalue weighted by molar-refractivity contribution is 9.10. The minimum atomic E-state index is -0.324. The van der Waals surface area contributed by atoms with E-state index in [-0.39, 0.29) is 18.3 Å². The largest absolute Gasteiger partial charge is 0.490 e. The first-order chi connectivity index (χ1) is 10.1. The molecule has 21 heavy (non-hydrogen) atoms. The van der Waals surface area contributed by atoms with Gasteiger partial charge in [-0.15, -0.1) is 0 Å². The van der Waals surface area contributed by atoms with E-state index < -0.39 is 0 Å². The molecule has 0 saturated heterocycles. The third kappa shape index (κ3) is 5.07. The molecule has 2 N–H and O–H groups in total. The number of oxime groups is 1. The van der Waals surface area contributed by atoms with Crippen molar-refractivity contribution in [2.75, 3.05) is 13.2 Å². The number of halogens is 2. The monoisotopic (exact) mass is 352 g/mol. The number of ether oxygens (including phenoxy) is 1. The lowest BCUT2D eigenvalue weighted by Crippen LogP contribution is -2.15. The van der Waals surface area contributed by atoms with E-state index in [4.69, 9.17) is 15.3 Å². The zero-order chi connectivity index (χ0) is 15.1. The van der Waals surface area contributed by atoms with Gasteiger partial charge in [0.1, 0.15) is 18.2 Å². The maximum atomic E-state index is 12.8. The fourth-order valence-corrected chi connectivity index (χ4v) is 1.92. The molecule has 4 nitrogen and oxygen atoms in total. The van der Waals surface area contributed by atoms with E-state index in [2.05, 4.69) is 21.1 Å². The first-order valence-electron chi connectivity index (χ1n) is 6.25. The molecular formula is C15H14BrFN2O2. The average Bonchev–Trinajstić information content (AvgIpc) is 2.47. The molecule has 0 heterocycles. The number of benzene rings is 2. The summed E-state index contributed by atoms with van der Waals surface area (Å²) in [5, 5.41) is 3.76.